The number of methoxy groups -OCH3 is 2. The van der Waals surface area contributed by atoms with Gasteiger partial charge in [-0.1, -0.05) is 39.0 Å². The molecule has 0 aliphatic heterocycles. The number of benzene rings is 1. The van der Waals surface area contributed by atoms with Crippen molar-refractivity contribution in [2.24, 2.45) is 0 Å². The van der Waals surface area contributed by atoms with Crippen LogP contribution in [0.2, 0.25) is 0 Å². The second-order valence-corrected chi connectivity index (χ2v) is 6.56. The fourth-order valence-electron chi connectivity index (χ4n) is 3.42. The molecule has 134 valence electrons. The van der Waals surface area contributed by atoms with Crippen molar-refractivity contribution < 1.29 is 9.47 Å². The van der Waals surface area contributed by atoms with Crippen molar-refractivity contribution in [3.8, 4) is 11.5 Å². The van der Waals surface area contributed by atoms with Crippen molar-refractivity contribution in [1.82, 2.24) is 9.38 Å². The number of aryl methyl sites for hydroxylation is 1. The molecule has 0 saturated heterocycles. The molecule has 2 heterocycles. The Hall–Kier alpha value is -2.23. The molecule has 0 saturated carbocycles. The normalized spacial score (nSPS) is 11.3. The first-order valence-electron chi connectivity index (χ1n) is 9.29. The summed E-state index contributed by atoms with van der Waals surface area (Å²) in [5.74, 6) is 2.65. The van der Waals surface area contributed by atoms with Crippen LogP contribution in [0.5, 0.6) is 11.5 Å². The predicted octanol–water partition coefficient (Wildman–Crippen LogP) is 5.41. The third-order valence-electron chi connectivity index (χ3n) is 4.86. The SMILES string of the molecule is CCCCCCCCc1ncc2c3cc(OC)c(OC)cc3ccn12. The molecule has 0 aliphatic rings. The highest BCUT2D eigenvalue weighted by atomic mass is 16.5. The first-order valence-corrected chi connectivity index (χ1v) is 9.29. The Morgan fingerprint density at radius 1 is 0.960 bits per heavy atom. The van der Waals surface area contributed by atoms with Gasteiger partial charge in [-0.3, -0.25) is 0 Å². The molecule has 4 heteroatoms. The maximum absolute atomic E-state index is 5.46. The number of ether oxygens (including phenoxy) is 2. The quantitative estimate of drug-likeness (QED) is 0.489. The summed E-state index contributed by atoms with van der Waals surface area (Å²) in [6.45, 7) is 2.26. The topological polar surface area (TPSA) is 35.8 Å². The molecule has 3 rings (SSSR count). The monoisotopic (exact) mass is 340 g/mol. The molecule has 2 aromatic heterocycles. The molecule has 0 atom stereocenters. The van der Waals surface area contributed by atoms with Crippen molar-refractivity contribution in [1.29, 1.82) is 0 Å². The minimum Gasteiger partial charge on any atom is -0.493 e. The molecule has 3 aromatic rings. The minimum atomic E-state index is 0.752. The van der Waals surface area contributed by atoms with Crippen molar-refractivity contribution >= 4 is 16.3 Å². The number of nitrogens with zero attached hydrogens (tertiary/aromatic N) is 2. The van der Waals surface area contributed by atoms with Gasteiger partial charge in [-0.25, -0.2) is 4.98 Å². The molecule has 0 bridgehead atoms. The standard InChI is InChI=1S/C21H28N2O2/c1-4-5-6-7-8-9-10-21-22-15-18-17-14-20(25-3)19(24-2)13-16(17)11-12-23(18)21/h11-15H,4-10H2,1-3H3. The van der Waals surface area contributed by atoms with E-state index in [1.54, 1.807) is 14.2 Å². The van der Waals surface area contributed by atoms with E-state index in [1.165, 1.54) is 38.5 Å². The number of rotatable bonds is 9. The molecule has 0 amide bonds. The molecule has 4 nitrogen and oxygen atoms in total. The number of pyridine rings is 1. The average molecular weight is 340 g/mol. The Labute approximate surface area is 149 Å². The summed E-state index contributed by atoms with van der Waals surface area (Å²) in [5, 5.41) is 2.28. The third kappa shape index (κ3) is 3.73. The van der Waals surface area contributed by atoms with Gasteiger partial charge in [-0.05, 0) is 30.0 Å². The van der Waals surface area contributed by atoms with E-state index >= 15 is 0 Å². The van der Waals surface area contributed by atoms with Gasteiger partial charge >= 0.3 is 0 Å². The van der Waals surface area contributed by atoms with Crippen LogP contribution in [0.25, 0.3) is 16.3 Å². The molecular formula is C21H28N2O2. The maximum Gasteiger partial charge on any atom is 0.161 e. The maximum atomic E-state index is 5.46. The van der Waals surface area contributed by atoms with E-state index in [0.717, 1.165) is 40.0 Å². The van der Waals surface area contributed by atoms with Crippen LogP contribution in [-0.2, 0) is 6.42 Å². The van der Waals surface area contributed by atoms with Gasteiger partial charge in [0.1, 0.15) is 5.82 Å². The smallest absolute Gasteiger partial charge is 0.161 e. The molecule has 0 spiro atoms. The fraction of sp³-hybridized carbons (Fsp3) is 0.476. The Bertz CT molecular complexity index is 839. The molecule has 0 fully saturated rings. The number of imidazole rings is 1. The third-order valence-corrected chi connectivity index (χ3v) is 4.86. The number of fused-ring (bicyclic) bond motifs is 3. The van der Waals surface area contributed by atoms with Gasteiger partial charge in [0.05, 0.1) is 25.9 Å². The van der Waals surface area contributed by atoms with Gasteiger partial charge in [0.25, 0.3) is 0 Å². The van der Waals surface area contributed by atoms with E-state index in [0.29, 0.717) is 0 Å². The summed E-state index contributed by atoms with van der Waals surface area (Å²) in [7, 11) is 3.34. The zero-order valence-corrected chi connectivity index (χ0v) is 15.5. The van der Waals surface area contributed by atoms with Gasteiger partial charge in [0.2, 0.25) is 0 Å². The Balaban J connectivity index is 1.82. The van der Waals surface area contributed by atoms with Crippen LogP contribution in [0.4, 0.5) is 0 Å². The van der Waals surface area contributed by atoms with Crippen LogP contribution in [0.3, 0.4) is 0 Å². The van der Waals surface area contributed by atoms with Gasteiger partial charge in [-0.2, -0.15) is 0 Å². The van der Waals surface area contributed by atoms with Crippen molar-refractivity contribution in [2.75, 3.05) is 14.2 Å². The summed E-state index contributed by atoms with van der Waals surface area (Å²) in [4.78, 5) is 4.67. The minimum absolute atomic E-state index is 0.752. The van der Waals surface area contributed by atoms with Crippen LogP contribution in [0, 0.1) is 0 Å². The summed E-state index contributed by atoms with van der Waals surface area (Å²) in [5.41, 5.74) is 1.12. The summed E-state index contributed by atoms with van der Waals surface area (Å²) in [6, 6.07) is 6.19. The zero-order valence-electron chi connectivity index (χ0n) is 15.5. The molecule has 0 unspecified atom stereocenters. The van der Waals surface area contributed by atoms with Crippen LogP contribution in [0.15, 0.2) is 30.6 Å². The van der Waals surface area contributed by atoms with Crippen molar-refractivity contribution in [3.05, 3.63) is 36.4 Å². The van der Waals surface area contributed by atoms with Gasteiger partial charge in [-0.15, -0.1) is 0 Å². The van der Waals surface area contributed by atoms with E-state index in [2.05, 4.69) is 28.6 Å². The van der Waals surface area contributed by atoms with Gasteiger partial charge in [0, 0.05) is 18.0 Å². The highest BCUT2D eigenvalue weighted by molar-refractivity contribution is 5.97. The van der Waals surface area contributed by atoms with E-state index in [4.69, 9.17) is 9.47 Å². The van der Waals surface area contributed by atoms with E-state index < -0.39 is 0 Å². The highest BCUT2D eigenvalue weighted by Gasteiger charge is 2.11. The lowest BCUT2D eigenvalue weighted by atomic mass is 10.1. The highest BCUT2D eigenvalue weighted by Crippen LogP contribution is 2.34. The van der Waals surface area contributed by atoms with Crippen LogP contribution in [0.1, 0.15) is 51.3 Å². The van der Waals surface area contributed by atoms with Crippen LogP contribution >= 0.6 is 0 Å². The molecular weight excluding hydrogens is 312 g/mol. The molecule has 1 aromatic carbocycles. The van der Waals surface area contributed by atoms with E-state index in [1.807, 2.05) is 18.3 Å². The van der Waals surface area contributed by atoms with Crippen LogP contribution < -0.4 is 9.47 Å². The number of hydrogen-bond acceptors (Lipinski definition) is 3. The summed E-state index contributed by atoms with van der Waals surface area (Å²) in [6.07, 6.45) is 12.9. The molecule has 0 N–H and O–H groups in total. The number of aromatic nitrogens is 2. The molecule has 25 heavy (non-hydrogen) atoms. The molecule has 0 radical (unpaired) electrons. The first-order chi connectivity index (χ1) is 12.3. The fourth-order valence-corrected chi connectivity index (χ4v) is 3.42. The zero-order chi connectivity index (χ0) is 17.6. The van der Waals surface area contributed by atoms with E-state index in [9.17, 15) is 0 Å². The first kappa shape index (κ1) is 17.6. The Kier molecular flexibility index (Phi) is 5.79. The second kappa shape index (κ2) is 8.24. The summed E-state index contributed by atoms with van der Waals surface area (Å²) < 4.78 is 13.1. The van der Waals surface area contributed by atoms with E-state index in [-0.39, 0.29) is 0 Å². The number of hydrogen-bond donors (Lipinski definition) is 0. The largest absolute Gasteiger partial charge is 0.493 e. The Morgan fingerprint density at radius 2 is 1.68 bits per heavy atom. The lowest BCUT2D eigenvalue weighted by Crippen LogP contribution is -1.96. The Morgan fingerprint density at radius 3 is 2.44 bits per heavy atom. The lowest BCUT2D eigenvalue weighted by molar-refractivity contribution is 0.356. The van der Waals surface area contributed by atoms with Crippen LogP contribution in [-0.4, -0.2) is 23.6 Å². The van der Waals surface area contributed by atoms with Crippen molar-refractivity contribution in [3.63, 3.8) is 0 Å². The second-order valence-electron chi connectivity index (χ2n) is 6.56. The predicted molar refractivity (Wildman–Crippen MR) is 103 cm³/mol. The van der Waals surface area contributed by atoms with Gasteiger partial charge < -0.3 is 13.9 Å². The van der Waals surface area contributed by atoms with Crippen molar-refractivity contribution in [2.45, 2.75) is 51.9 Å². The summed E-state index contributed by atoms with van der Waals surface area (Å²) >= 11 is 0. The molecule has 0 aliphatic carbocycles. The van der Waals surface area contributed by atoms with Gasteiger partial charge in [0.15, 0.2) is 11.5 Å². The lowest BCUT2D eigenvalue weighted by Gasteiger charge is -2.10. The average Bonchev–Trinajstić information content (AvgIpc) is 3.06. The number of unbranched alkanes of at least 4 members (excludes halogenated alkanes) is 5.